The molecule has 0 saturated heterocycles. The lowest BCUT2D eigenvalue weighted by Gasteiger charge is -2.26. The van der Waals surface area contributed by atoms with Gasteiger partial charge in [0.25, 0.3) is 0 Å². The number of aliphatic hydroxyl groups excluding tert-OH is 1. The molecule has 0 saturated carbocycles. The molecule has 3 heteroatoms. The smallest absolute Gasteiger partial charge is 0.228 e. The highest BCUT2D eigenvalue weighted by molar-refractivity contribution is 5.82. The van der Waals surface area contributed by atoms with Gasteiger partial charge in [-0.25, -0.2) is 0 Å². The fourth-order valence-electron chi connectivity index (χ4n) is 0.656. The van der Waals surface area contributed by atoms with Crippen molar-refractivity contribution in [1.29, 1.82) is 0 Å². The van der Waals surface area contributed by atoms with E-state index in [0.717, 1.165) is 6.42 Å². The fourth-order valence-corrected chi connectivity index (χ4v) is 0.656. The summed E-state index contributed by atoms with van der Waals surface area (Å²) in [5.74, 6) is -0.0839. The molecule has 1 atom stereocenters. The van der Waals surface area contributed by atoms with Crippen LogP contribution in [0.5, 0.6) is 0 Å². The van der Waals surface area contributed by atoms with Crippen molar-refractivity contribution in [2.75, 3.05) is 6.54 Å². The largest absolute Gasteiger partial charge is 0.392 e. The van der Waals surface area contributed by atoms with E-state index in [0.29, 0.717) is 6.54 Å². The molecular weight excluding hydrogens is 154 g/mol. The van der Waals surface area contributed by atoms with E-state index in [1.165, 1.54) is 0 Å². The van der Waals surface area contributed by atoms with E-state index >= 15 is 0 Å². The SMILES string of the molecule is CCCNC(=O)C(C)(C)C(C)O. The second-order valence-corrected chi connectivity index (χ2v) is 3.65. The molecule has 1 amide bonds. The van der Waals surface area contributed by atoms with Crippen LogP contribution in [0.4, 0.5) is 0 Å². The Labute approximate surface area is 74.2 Å². The summed E-state index contributed by atoms with van der Waals surface area (Å²) in [6, 6.07) is 0. The first-order valence-electron chi connectivity index (χ1n) is 4.39. The first-order chi connectivity index (χ1) is 5.42. The Morgan fingerprint density at radius 2 is 2.08 bits per heavy atom. The summed E-state index contributed by atoms with van der Waals surface area (Å²) in [6.45, 7) is 7.78. The summed E-state index contributed by atoms with van der Waals surface area (Å²) < 4.78 is 0. The summed E-state index contributed by atoms with van der Waals surface area (Å²) >= 11 is 0. The van der Waals surface area contributed by atoms with Crippen LogP contribution in [-0.2, 0) is 4.79 Å². The van der Waals surface area contributed by atoms with Crippen LogP contribution in [0, 0.1) is 5.41 Å². The van der Waals surface area contributed by atoms with Crippen molar-refractivity contribution in [2.24, 2.45) is 5.41 Å². The summed E-state index contributed by atoms with van der Waals surface area (Å²) in [4.78, 5) is 11.4. The molecule has 0 aliphatic heterocycles. The molecule has 0 aromatic carbocycles. The number of rotatable bonds is 4. The topological polar surface area (TPSA) is 49.3 Å². The van der Waals surface area contributed by atoms with Gasteiger partial charge in [0.05, 0.1) is 11.5 Å². The van der Waals surface area contributed by atoms with Crippen LogP contribution in [0.2, 0.25) is 0 Å². The molecule has 72 valence electrons. The predicted octanol–water partition coefficient (Wildman–Crippen LogP) is 0.920. The Balaban J connectivity index is 4.07. The second-order valence-electron chi connectivity index (χ2n) is 3.65. The van der Waals surface area contributed by atoms with Crippen molar-refractivity contribution in [3.8, 4) is 0 Å². The number of amides is 1. The highest BCUT2D eigenvalue weighted by Gasteiger charge is 2.32. The molecule has 0 aliphatic carbocycles. The molecule has 0 aliphatic rings. The van der Waals surface area contributed by atoms with Crippen LogP contribution in [0.25, 0.3) is 0 Å². The molecule has 0 fully saturated rings. The zero-order chi connectivity index (χ0) is 9.78. The molecule has 0 aromatic heterocycles. The summed E-state index contributed by atoms with van der Waals surface area (Å²) in [5, 5.41) is 12.0. The van der Waals surface area contributed by atoms with E-state index < -0.39 is 11.5 Å². The van der Waals surface area contributed by atoms with E-state index in [1.807, 2.05) is 6.92 Å². The molecule has 3 nitrogen and oxygen atoms in total. The lowest BCUT2D eigenvalue weighted by Crippen LogP contribution is -2.43. The maximum atomic E-state index is 11.4. The average Bonchev–Trinajstić information content (AvgIpc) is 1.99. The van der Waals surface area contributed by atoms with Crippen molar-refractivity contribution in [3.63, 3.8) is 0 Å². The van der Waals surface area contributed by atoms with Crippen LogP contribution < -0.4 is 5.32 Å². The fraction of sp³-hybridized carbons (Fsp3) is 0.889. The molecule has 12 heavy (non-hydrogen) atoms. The Morgan fingerprint density at radius 1 is 1.58 bits per heavy atom. The van der Waals surface area contributed by atoms with Gasteiger partial charge in [0, 0.05) is 6.54 Å². The maximum absolute atomic E-state index is 11.4. The van der Waals surface area contributed by atoms with Gasteiger partial charge in [0.1, 0.15) is 0 Å². The van der Waals surface area contributed by atoms with Gasteiger partial charge in [-0.1, -0.05) is 6.92 Å². The van der Waals surface area contributed by atoms with Crippen LogP contribution in [0.15, 0.2) is 0 Å². The Morgan fingerprint density at radius 3 is 2.42 bits per heavy atom. The van der Waals surface area contributed by atoms with Crippen LogP contribution >= 0.6 is 0 Å². The second kappa shape index (κ2) is 4.45. The Bertz CT molecular complexity index is 153. The monoisotopic (exact) mass is 173 g/mol. The van der Waals surface area contributed by atoms with Crippen molar-refractivity contribution < 1.29 is 9.90 Å². The van der Waals surface area contributed by atoms with Crippen molar-refractivity contribution in [3.05, 3.63) is 0 Å². The third kappa shape index (κ3) is 2.81. The molecule has 0 radical (unpaired) electrons. The van der Waals surface area contributed by atoms with E-state index in [4.69, 9.17) is 0 Å². The van der Waals surface area contributed by atoms with Crippen LogP contribution in [0.1, 0.15) is 34.1 Å². The minimum absolute atomic E-state index is 0.0839. The molecule has 0 bridgehead atoms. The minimum Gasteiger partial charge on any atom is -0.392 e. The number of aliphatic hydroxyl groups is 1. The quantitative estimate of drug-likeness (QED) is 0.664. The number of nitrogens with one attached hydrogen (secondary N) is 1. The highest BCUT2D eigenvalue weighted by Crippen LogP contribution is 2.19. The van der Waals surface area contributed by atoms with Gasteiger partial charge in [-0.15, -0.1) is 0 Å². The summed E-state index contributed by atoms with van der Waals surface area (Å²) in [6.07, 6.45) is 0.302. The molecular formula is C9H19NO2. The normalized spacial score (nSPS) is 14.1. The molecule has 0 rings (SSSR count). The van der Waals surface area contributed by atoms with Gasteiger partial charge in [0.2, 0.25) is 5.91 Å². The zero-order valence-corrected chi connectivity index (χ0v) is 8.35. The Kier molecular flexibility index (Phi) is 4.24. The number of hydrogen-bond acceptors (Lipinski definition) is 2. The third-order valence-electron chi connectivity index (χ3n) is 2.17. The predicted molar refractivity (Wildman–Crippen MR) is 48.8 cm³/mol. The van der Waals surface area contributed by atoms with Crippen LogP contribution in [-0.4, -0.2) is 23.7 Å². The van der Waals surface area contributed by atoms with Gasteiger partial charge in [0.15, 0.2) is 0 Å². The van der Waals surface area contributed by atoms with E-state index in [1.54, 1.807) is 20.8 Å². The summed E-state index contributed by atoms with van der Waals surface area (Å²) in [5.41, 5.74) is -0.685. The van der Waals surface area contributed by atoms with Crippen molar-refractivity contribution in [1.82, 2.24) is 5.32 Å². The lowest BCUT2D eigenvalue weighted by molar-refractivity contribution is -0.134. The molecule has 2 N–H and O–H groups in total. The highest BCUT2D eigenvalue weighted by atomic mass is 16.3. The van der Waals surface area contributed by atoms with Gasteiger partial charge in [-0.2, -0.15) is 0 Å². The minimum atomic E-state index is -0.685. The molecule has 0 spiro atoms. The van der Waals surface area contributed by atoms with E-state index in [-0.39, 0.29) is 5.91 Å². The molecule has 0 heterocycles. The van der Waals surface area contributed by atoms with Crippen molar-refractivity contribution in [2.45, 2.75) is 40.2 Å². The van der Waals surface area contributed by atoms with E-state index in [2.05, 4.69) is 5.32 Å². The van der Waals surface area contributed by atoms with E-state index in [9.17, 15) is 9.90 Å². The van der Waals surface area contributed by atoms with Gasteiger partial charge in [-0.3, -0.25) is 4.79 Å². The number of hydrogen-bond donors (Lipinski definition) is 2. The lowest BCUT2D eigenvalue weighted by atomic mass is 9.86. The molecule has 0 aromatic rings. The first-order valence-corrected chi connectivity index (χ1v) is 4.39. The first kappa shape index (κ1) is 11.4. The standard InChI is InChI=1S/C9H19NO2/c1-5-6-10-8(12)9(3,4)7(2)11/h7,11H,5-6H2,1-4H3,(H,10,12). The zero-order valence-electron chi connectivity index (χ0n) is 8.35. The Hall–Kier alpha value is -0.570. The van der Waals surface area contributed by atoms with Crippen LogP contribution in [0.3, 0.4) is 0 Å². The maximum Gasteiger partial charge on any atom is 0.228 e. The number of carbonyl (C=O) groups excluding carboxylic acids is 1. The molecule has 1 unspecified atom stereocenters. The number of carbonyl (C=O) groups is 1. The average molecular weight is 173 g/mol. The summed E-state index contributed by atoms with van der Waals surface area (Å²) in [7, 11) is 0. The van der Waals surface area contributed by atoms with Gasteiger partial charge in [-0.05, 0) is 27.2 Å². The van der Waals surface area contributed by atoms with Gasteiger partial charge < -0.3 is 10.4 Å². The third-order valence-corrected chi connectivity index (χ3v) is 2.17. The van der Waals surface area contributed by atoms with Gasteiger partial charge >= 0.3 is 0 Å². The van der Waals surface area contributed by atoms with Crippen molar-refractivity contribution >= 4 is 5.91 Å².